The fourth-order valence-electron chi connectivity index (χ4n) is 2.40. The first-order valence-electron chi connectivity index (χ1n) is 9.15. The summed E-state index contributed by atoms with van der Waals surface area (Å²) in [5, 5.41) is 13.4. The Kier molecular flexibility index (Phi) is 7.83. The van der Waals surface area contributed by atoms with Crippen molar-refractivity contribution in [3.63, 3.8) is 0 Å². The number of rotatable bonds is 8. The Bertz CT molecular complexity index is 856. The molecule has 2 rings (SSSR count). The number of hydrogen-bond donors (Lipinski definition) is 2. The Morgan fingerprint density at radius 2 is 1.93 bits per heavy atom. The molecule has 0 aliphatic rings. The number of urea groups is 1. The second-order valence-electron chi connectivity index (χ2n) is 7.28. The maximum atomic E-state index is 11.8. The fourth-order valence-corrected chi connectivity index (χ4v) is 3.17. The molecule has 1 heterocycles. The maximum Gasteiger partial charge on any atom is 0.321 e. The lowest BCUT2D eigenvalue weighted by Gasteiger charge is -2.19. The molecule has 29 heavy (non-hydrogen) atoms. The molecule has 9 heteroatoms. The summed E-state index contributed by atoms with van der Waals surface area (Å²) in [6, 6.07) is 7.43. The monoisotopic (exact) mass is 417 g/mol. The van der Waals surface area contributed by atoms with Gasteiger partial charge in [-0.2, -0.15) is 0 Å². The summed E-state index contributed by atoms with van der Waals surface area (Å²) in [5.74, 6) is 0.987. The van der Waals surface area contributed by atoms with E-state index in [1.807, 2.05) is 16.7 Å². The number of imide groups is 1. The lowest BCUT2D eigenvalue weighted by Crippen LogP contribution is -2.38. The smallest absolute Gasteiger partial charge is 0.321 e. The molecule has 1 aromatic carbocycles. The number of carbonyl (C=O) groups is 2. The molecular formula is C20H27N5O3S. The summed E-state index contributed by atoms with van der Waals surface area (Å²) in [7, 11) is 1.44. The first-order chi connectivity index (χ1) is 13.7. The zero-order valence-electron chi connectivity index (χ0n) is 17.2. The van der Waals surface area contributed by atoms with E-state index >= 15 is 0 Å². The lowest BCUT2D eigenvalue weighted by molar-refractivity contribution is -0.117. The van der Waals surface area contributed by atoms with Crippen molar-refractivity contribution < 1.29 is 14.3 Å². The highest BCUT2D eigenvalue weighted by Gasteiger charge is 2.16. The van der Waals surface area contributed by atoms with E-state index in [-0.39, 0.29) is 17.8 Å². The number of carbonyl (C=O) groups excluding carboxylic acids is 2. The number of thioether (sulfide) groups is 1. The van der Waals surface area contributed by atoms with E-state index in [0.29, 0.717) is 17.5 Å². The van der Waals surface area contributed by atoms with Crippen LogP contribution in [0.3, 0.4) is 0 Å². The normalized spacial score (nSPS) is 11.0. The van der Waals surface area contributed by atoms with Gasteiger partial charge in [0.2, 0.25) is 5.91 Å². The van der Waals surface area contributed by atoms with Crippen molar-refractivity contribution in [2.24, 2.45) is 0 Å². The molecule has 0 saturated carbocycles. The molecular weight excluding hydrogens is 390 g/mol. The number of benzene rings is 1. The van der Waals surface area contributed by atoms with Crippen LogP contribution < -0.4 is 15.4 Å². The molecule has 3 amide bonds. The summed E-state index contributed by atoms with van der Waals surface area (Å²) >= 11 is 1.19. The molecule has 1 aromatic heterocycles. The summed E-state index contributed by atoms with van der Waals surface area (Å²) in [6.45, 7) is 11.0. The third-order valence-electron chi connectivity index (χ3n) is 4.01. The van der Waals surface area contributed by atoms with Gasteiger partial charge in [-0.05, 0) is 23.1 Å². The number of nitrogens with zero attached hydrogens (tertiary/aromatic N) is 3. The minimum Gasteiger partial charge on any atom is -0.486 e. The molecule has 0 fully saturated rings. The predicted molar refractivity (Wildman–Crippen MR) is 113 cm³/mol. The Morgan fingerprint density at radius 3 is 2.52 bits per heavy atom. The van der Waals surface area contributed by atoms with E-state index in [4.69, 9.17) is 4.74 Å². The van der Waals surface area contributed by atoms with Gasteiger partial charge in [0.15, 0.2) is 11.0 Å². The largest absolute Gasteiger partial charge is 0.486 e. The number of hydrogen-bond acceptors (Lipinski definition) is 6. The molecule has 0 unspecified atom stereocenters. The maximum absolute atomic E-state index is 11.8. The van der Waals surface area contributed by atoms with Gasteiger partial charge in [0.05, 0.1) is 5.75 Å². The van der Waals surface area contributed by atoms with Crippen molar-refractivity contribution in [3.05, 3.63) is 48.3 Å². The van der Waals surface area contributed by atoms with Crippen LogP contribution in [-0.2, 0) is 23.4 Å². The zero-order chi connectivity index (χ0) is 21.4. The first kappa shape index (κ1) is 22.5. The van der Waals surface area contributed by atoms with Crippen LogP contribution in [0.15, 0.2) is 42.1 Å². The molecule has 2 N–H and O–H groups in total. The van der Waals surface area contributed by atoms with Crippen LogP contribution in [0.4, 0.5) is 4.79 Å². The Hall–Kier alpha value is -2.81. The van der Waals surface area contributed by atoms with Gasteiger partial charge < -0.3 is 10.1 Å². The minimum absolute atomic E-state index is 0.0395. The van der Waals surface area contributed by atoms with E-state index in [9.17, 15) is 9.59 Å². The van der Waals surface area contributed by atoms with Gasteiger partial charge in [0.1, 0.15) is 12.4 Å². The predicted octanol–water partition coefficient (Wildman–Crippen LogP) is 2.89. The number of ether oxygens (including phenoxy) is 1. The topological polar surface area (TPSA) is 98.1 Å². The molecule has 0 saturated heterocycles. The van der Waals surface area contributed by atoms with Crippen molar-refractivity contribution in [1.82, 2.24) is 25.4 Å². The van der Waals surface area contributed by atoms with Gasteiger partial charge in [0.25, 0.3) is 0 Å². The zero-order valence-corrected chi connectivity index (χ0v) is 18.0. The number of nitrogens with one attached hydrogen (secondary N) is 2. The average molecular weight is 418 g/mol. The third-order valence-corrected chi connectivity index (χ3v) is 4.97. The van der Waals surface area contributed by atoms with Crippen LogP contribution in [0.5, 0.6) is 5.75 Å². The van der Waals surface area contributed by atoms with Crippen LogP contribution in [0, 0.1) is 0 Å². The SMILES string of the molecule is C=CCn1c(COc2ccc(C(C)(C)C)cc2)nnc1SCC(=O)NC(=O)NC. The van der Waals surface area contributed by atoms with Crippen LogP contribution in [-0.4, -0.2) is 39.5 Å². The fraction of sp³-hybridized carbons (Fsp3) is 0.400. The highest BCUT2D eigenvalue weighted by molar-refractivity contribution is 7.99. The molecule has 0 aliphatic carbocycles. The molecule has 156 valence electrons. The van der Waals surface area contributed by atoms with E-state index in [2.05, 4.69) is 60.3 Å². The van der Waals surface area contributed by atoms with Crippen LogP contribution >= 0.6 is 11.8 Å². The average Bonchev–Trinajstić information content (AvgIpc) is 3.06. The van der Waals surface area contributed by atoms with Gasteiger partial charge in [-0.1, -0.05) is 50.7 Å². The second-order valence-corrected chi connectivity index (χ2v) is 8.22. The second kappa shape index (κ2) is 10.1. The summed E-state index contributed by atoms with van der Waals surface area (Å²) in [6.07, 6.45) is 1.72. The highest BCUT2D eigenvalue weighted by Crippen LogP contribution is 2.25. The van der Waals surface area contributed by atoms with E-state index in [1.54, 1.807) is 6.08 Å². The third kappa shape index (κ3) is 6.63. The van der Waals surface area contributed by atoms with Crippen molar-refractivity contribution in [2.75, 3.05) is 12.8 Å². The van der Waals surface area contributed by atoms with Crippen molar-refractivity contribution in [2.45, 2.75) is 44.5 Å². The molecule has 0 spiro atoms. The number of aromatic nitrogens is 3. The van der Waals surface area contributed by atoms with E-state index in [1.165, 1.54) is 24.4 Å². The molecule has 0 aliphatic heterocycles. The van der Waals surface area contributed by atoms with Crippen molar-refractivity contribution in [1.29, 1.82) is 0 Å². The Morgan fingerprint density at radius 1 is 1.24 bits per heavy atom. The van der Waals surface area contributed by atoms with Gasteiger partial charge in [-0.15, -0.1) is 16.8 Å². The van der Waals surface area contributed by atoms with Gasteiger partial charge >= 0.3 is 6.03 Å². The van der Waals surface area contributed by atoms with E-state index in [0.717, 1.165) is 5.75 Å². The van der Waals surface area contributed by atoms with Crippen LogP contribution in [0.1, 0.15) is 32.2 Å². The van der Waals surface area contributed by atoms with Crippen molar-refractivity contribution in [3.8, 4) is 5.75 Å². The summed E-state index contributed by atoms with van der Waals surface area (Å²) in [4.78, 5) is 23.0. The quantitative estimate of drug-likeness (QED) is 0.506. The molecule has 2 aromatic rings. The van der Waals surface area contributed by atoms with E-state index < -0.39 is 11.9 Å². The summed E-state index contributed by atoms with van der Waals surface area (Å²) < 4.78 is 7.68. The number of amides is 3. The minimum atomic E-state index is -0.547. The highest BCUT2D eigenvalue weighted by atomic mass is 32.2. The van der Waals surface area contributed by atoms with Gasteiger partial charge in [-0.25, -0.2) is 4.79 Å². The molecule has 0 radical (unpaired) electrons. The van der Waals surface area contributed by atoms with Crippen LogP contribution in [0.25, 0.3) is 0 Å². The van der Waals surface area contributed by atoms with Gasteiger partial charge in [-0.3, -0.25) is 14.7 Å². The lowest BCUT2D eigenvalue weighted by atomic mass is 9.87. The van der Waals surface area contributed by atoms with Crippen molar-refractivity contribution >= 4 is 23.7 Å². The Labute approximate surface area is 175 Å². The first-order valence-corrected chi connectivity index (χ1v) is 10.1. The Balaban J connectivity index is 2.01. The van der Waals surface area contributed by atoms with Crippen LogP contribution in [0.2, 0.25) is 0 Å². The molecule has 0 atom stereocenters. The summed E-state index contributed by atoms with van der Waals surface area (Å²) in [5.41, 5.74) is 1.31. The molecule has 8 nitrogen and oxygen atoms in total. The van der Waals surface area contributed by atoms with Gasteiger partial charge in [0, 0.05) is 13.6 Å². The molecule has 0 bridgehead atoms. The number of allylic oxidation sites excluding steroid dienone is 1. The standard InChI is InChI=1S/C20H27N5O3S/c1-6-11-25-16(12-28-15-9-7-14(8-10-15)20(2,3)4)23-24-19(25)29-13-17(26)22-18(27)21-5/h6-10H,1,11-13H2,2-5H3,(H2,21,22,26,27).